The van der Waals surface area contributed by atoms with Crippen LogP contribution in [-0.4, -0.2) is 124 Å². The third-order valence-corrected chi connectivity index (χ3v) is 25.3. The Balaban J connectivity index is 0.000000814. The molecule has 0 spiro atoms. The van der Waals surface area contributed by atoms with E-state index in [0.29, 0.717) is 110 Å². The van der Waals surface area contributed by atoms with Crippen molar-refractivity contribution in [2.24, 2.45) is 0 Å². The molecule has 0 radical (unpaired) electrons. The Labute approximate surface area is 941 Å². The summed E-state index contributed by atoms with van der Waals surface area (Å²) in [5.74, 6) is 14.7. The quantitative estimate of drug-likeness (QED) is 0.0167. The lowest BCUT2D eigenvalue weighted by atomic mass is 10.0. The maximum Gasteiger partial charge on any atom is 0.119 e. The summed E-state index contributed by atoms with van der Waals surface area (Å²) >= 11 is 22.7. The molecule has 19 heteroatoms. The van der Waals surface area contributed by atoms with E-state index in [1.165, 1.54) is 83.0 Å². The first-order valence-electron chi connectivity index (χ1n) is 53.4. The number of ether oxygens (including phenoxy) is 5. The van der Waals surface area contributed by atoms with Crippen LogP contribution in [0.15, 0.2) is 325 Å². The third kappa shape index (κ3) is 65.5. The lowest BCUT2D eigenvalue weighted by Crippen LogP contribution is -2.05. The van der Waals surface area contributed by atoms with Crippen LogP contribution in [-0.2, 0) is 0 Å². The van der Waals surface area contributed by atoms with Gasteiger partial charge in [-0.2, -0.15) is 37.9 Å². The number of methoxy groups -OCH3 is 2. The molecule has 0 aliphatic carbocycles. The molecular formula is C131H190N4O9S6. The second-order valence-corrected chi connectivity index (χ2v) is 43.1. The summed E-state index contributed by atoms with van der Waals surface area (Å²) in [5.41, 5.74) is 20.7. The van der Waals surface area contributed by atoms with Crippen LogP contribution in [0.3, 0.4) is 0 Å². The van der Waals surface area contributed by atoms with Crippen LogP contribution in [0, 0.1) is 0 Å². The Morgan fingerprint density at radius 3 is 0.800 bits per heavy atom. The lowest BCUT2D eigenvalue weighted by Gasteiger charge is -2.09. The van der Waals surface area contributed by atoms with Gasteiger partial charge in [-0.05, 0) is 289 Å². The molecule has 0 saturated heterocycles. The van der Waals surface area contributed by atoms with Gasteiger partial charge in [0.1, 0.15) is 42.0 Å². The summed E-state index contributed by atoms with van der Waals surface area (Å²) in [7, 11) is 3.38. The van der Waals surface area contributed by atoms with Gasteiger partial charge in [0.25, 0.3) is 0 Å². The summed E-state index contributed by atoms with van der Waals surface area (Å²) in [6.45, 7) is 61.7. The molecule has 1 heterocycles. The van der Waals surface area contributed by atoms with Crippen molar-refractivity contribution in [1.29, 1.82) is 0 Å². The summed E-state index contributed by atoms with van der Waals surface area (Å²) < 4.78 is 26.1. The SMILES string of the molecule is CC(C)c1ccc(NCCO)cc1.CC(C)c1ccc(NCCS)cc1.CC(C)c1ccc(OCCO)cc1.CC(C)c1ccc(OCCS)cc1.CC(C)c1ccc(S)cc1.CC(C)c1cccc(NCCO)c1.CC(C)c1cccc(NCCS)c1.CC(C)c1cccc(OCCO)c1.CC(C)c1cccc(S)c1.CC(C)c1ccccc1.CC(C)c1cccs1.COc1ccc(C(C)C)cc1.COc1cccc(C(C)C)c1. The number of thiophene rings is 1. The summed E-state index contributed by atoms with van der Waals surface area (Å²) in [5, 5.41) is 49.3. The molecule has 0 aliphatic heterocycles. The summed E-state index contributed by atoms with van der Waals surface area (Å²) in [6, 6.07) is 106. The highest BCUT2D eigenvalue weighted by Crippen LogP contribution is 2.29. The van der Waals surface area contributed by atoms with Crippen LogP contribution < -0.4 is 45.0 Å². The molecule has 13 aromatic rings. The highest BCUT2D eigenvalue weighted by molar-refractivity contribution is 7.80. The standard InChI is InChI=1S/2C11H17NO.2C11H17NS.2C11H16O2.C11H16OS.2C10H14O.2C9H12S.C9H12.C7H10S/c1-9(2)10-3-5-11(6-4-10)12-7-8-13;1-9(2)10-4-3-5-11(8-10)12-6-7-13;1-9(2)10-3-5-11(6-4-10)12-7-8-13;1-9(2)10-4-3-5-11(8-10)12-6-7-13;1-9(2)10-3-5-11(6-4-10)13-8-7-12;1-9(2)10-4-3-5-11(8-10)13-7-6-12;1-9(2)10-3-5-11(6-4-10)12-7-8-13;1-8(2)9-4-6-10(11-3)7-5-9;1-8(2)9-5-4-6-10(7-9)11-3;1-7(2)8-3-5-9(10)6-4-8;1-7(2)8-4-3-5-9(10)6-8;1-8(2)9-6-4-3-5-7-9;1-6(2)7-4-3-5-8-7/h3-6,9,12-13H,7-8H2,1-2H3;3-5,8-9,12-13H,6-7H2,1-2H3;3-6,9,12-13H,7-8H2,1-2H3;3-5,8-9,12-13H,6-7H2,1-2H3;3-6,9,12H,7-8H2,1-2H3;3-5,8-9,12H,6-7H2,1-2H3;3-6,9,13H,7-8H2,1-2H3;2*4-8H,1-3H3;2*3-7,10H,1-2H3;3-8H,1-2H3;3-6H,1-2H3. The Kier molecular flexibility index (Phi) is 77.9. The van der Waals surface area contributed by atoms with Crippen LogP contribution in [0.5, 0.6) is 28.7 Å². The van der Waals surface area contributed by atoms with Gasteiger partial charge < -0.3 is 65.4 Å². The minimum Gasteiger partial charge on any atom is -0.497 e. The van der Waals surface area contributed by atoms with E-state index in [9.17, 15) is 0 Å². The Morgan fingerprint density at radius 1 is 0.220 bits per heavy atom. The Hall–Kier alpha value is -9.87. The van der Waals surface area contributed by atoms with Gasteiger partial charge in [-0.15, -0.1) is 36.6 Å². The van der Waals surface area contributed by atoms with E-state index in [-0.39, 0.29) is 26.4 Å². The molecule has 13 rings (SSSR count). The second-order valence-electron chi connectivity index (χ2n) is 39.7. The van der Waals surface area contributed by atoms with Crippen LogP contribution >= 0.6 is 74.5 Å². The van der Waals surface area contributed by atoms with Crippen molar-refractivity contribution in [3.8, 4) is 28.7 Å². The molecular weight excluding hydrogens is 1970 g/mol. The summed E-state index contributed by atoms with van der Waals surface area (Å²) in [6.07, 6.45) is 0. The number of rotatable bonds is 36. The zero-order valence-corrected chi connectivity index (χ0v) is 101. The zero-order valence-electron chi connectivity index (χ0n) is 95.9. The fourth-order valence-corrected chi connectivity index (χ4v) is 14.8. The van der Waals surface area contributed by atoms with Crippen molar-refractivity contribution < 1.29 is 44.1 Å². The van der Waals surface area contributed by atoms with E-state index < -0.39 is 0 Å². The predicted molar refractivity (Wildman–Crippen MR) is 673 cm³/mol. The Bertz CT molecular complexity index is 5040. The van der Waals surface area contributed by atoms with Gasteiger partial charge in [0.2, 0.25) is 0 Å². The molecule has 12 aromatic carbocycles. The molecule has 0 atom stereocenters. The van der Waals surface area contributed by atoms with Crippen LogP contribution in [0.4, 0.5) is 22.7 Å². The minimum absolute atomic E-state index is 0.0614. The summed E-state index contributed by atoms with van der Waals surface area (Å²) in [4.78, 5) is 3.56. The third-order valence-electron chi connectivity index (χ3n) is 22.9. The van der Waals surface area contributed by atoms with Gasteiger partial charge in [0.05, 0.1) is 47.3 Å². The zero-order chi connectivity index (χ0) is 112. The monoisotopic (exact) mass is 2160 g/mol. The van der Waals surface area contributed by atoms with Gasteiger partial charge in [-0.3, -0.25) is 0 Å². The molecule has 8 N–H and O–H groups in total. The van der Waals surface area contributed by atoms with Crippen LogP contribution in [0.25, 0.3) is 0 Å². The molecule has 0 aliphatic rings. The fourth-order valence-electron chi connectivity index (χ4n) is 13.3. The van der Waals surface area contributed by atoms with E-state index >= 15 is 0 Å². The predicted octanol–water partition coefficient (Wildman–Crippen LogP) is 35.7. The average molecular weight is 2160 g/mol. The number of aliphatic hydroxyl groups excluding tert-OH is 4. The molecule has 0 unspecified atom stereocenters. The van der Waals surface area contributed by atoms with Crippen LogP contribution in [0.2, 0.25) is 0 Å². The molecule has 13 nitrogen and oxygen atoms in total. The van der Waals surface area contributed by atoms with Crippen molar-refractivity contribution in [3.05, 3.63) is 386 Å². The molecule has 0 saturated carbocycles. The molecule has 0 amide bonds. The highest BCUT2D eigenvalue weighted by atomic mass is 32.1. The van der Waals surface area contributed by atoms with Gasteiger partial charge in [0.15, 0.2) is 0 Å². The number of thiol groups is 5. The van der Waals surface area contributed by atoms with E-state index in [1.807, 2.05) is 133 Å². The van der Waals surface area contributed by atoms with E-state index in [4.69, 9.17) is 44.1 Å². The first-order chi connectivity index (χ1) is 71.6. The van der Waals surface area contributed by atoms with Crippen molar-refractivity contribution in [2.45, 2.75) is 267 Å². The van der Waals surface area contributed by atoms with Crippen LogP contribution in [0.1, 0.15) is 329 Å². The molecule has 150 heavy (non-hydrogen) atoms. The van der Waals surface area contributed by atoms with Gasteiger partial charge in [0, 0.05) is 80.9 Å². The Morgan fingerprint density at radius 2 is 0.500 bits per heavy atom. The molecule has 1 aromatic heterocycles. The minimum atomic E-state index is 0.0614. The first kappa shape index (κ1) is 138. The van der Waals surface area contributed by atoms with Gasteiger partial charge in [-0.1, -0.05) is 350 Å². The number of nitrogens with one attached hydrogen (secondary N) is 4. The second kappa shape index (κ2) is 84.6. The average Bonchev–Trinajstić information content (AvgIpc) is 1.70. The number of hydrogen-bond acceptors (Lipinski definition) is 19. The van der Waals surface area contributed by atoms with Crippen molar-refractivity contribution in [2.75, 3.05) is 125 Å². The van der Waals surface area contributed by atoms with E-state index in [1.54, 1.807) is 14.2 Å². The maximum atomic E-state index is 8.64. The molecule has 824 valence electrons. The number of anilines is 4. The largest absolute Gasteiger partial charge is 0.497 e. The van der Waals surface area contributed by atoms with Crippen molar-refractivity contribution in [1.82, 2.24) is 0 Å². The van der Waals surface area contributed by atoms with E-state index in [0.717, 1.165) is 80.3 Å². The lowest BCUT2D eigenvalue weighted by molar-refractivity contribution is 0.201. The normalized spacial score (nSPS) is 10.4. The van der Waals surface area contributed by atoms with E-state index in [2.05, 4.69) is 458 Å². The topological polar surface area (TPSA) is 175 Å². The number of hydrogen-bond donors (Lipinski definition) is 13. The van der Waals surface area contributed by atoms with Gasteiger partial charge in [-0.25, -0.2) is 0 Å². The highest BCUT2D eigenvalue weighted by Gasteiger charge is 2.09. The number of benzene rings is 12. The van der Waals surface area contributed by atoms with Crippen molar-refractivity contribution in [3.63, 3.8) is 0 Å². The number of aliphatic hydroxyl groups is 4. The van der Waals surface area contributed by atoms with Crippen molar-refractivity contribution >= 4 is 97.2 Å². The molecule has 0 bridgehead atoms. The first-order valence-corrected chi connectivity index (χ1v) is 57.1. The maximum absolute atomic E-state index is 8.64. The van der Waals surface area contributed by atoms with Gasteiger partial charge >= 0.3 is 0 Å². The smallest absolute Gasteiger partial charge is 0.119 e. The molecule has 0 fully saturated rings. The fraction of sp³-hybridized carbons (Fsp3) is 0.420.